The molecule has 23 heavy (non-hydrogen) atoms. The van der Waals surface area contributed by atoms with Crippen LogP contribution < -0.4 is 5.73 Å². The molecular formula is C15H15N5OS2. The van der Waals surface area contributed by atoms with Gasteiger partial charge in [0, 0.05) is 25.5 Å². The van der Waals surface area contributed by atoms with E-state index < -0.39 is 0 Å². The predicted molar refractivity (Wildman–Crippen MR) is 94.8 cm³/mol. The molecule has 0 saturated carbocycles. The summed E-state index contributed by atoms with van der Waals surface area (Å²) >= 11 is 3.24. The number of thiazole rings is 1. The van der Waals surface area contributed by atoms with Crippen molar-refractivity contribution in [2.24, 2.45) is 7.05 Å². The SMILES string of the molecule is Cn1c(CCCO)nc2c(N)nc3cc(-c4cscn4)sc3c21. The lowest BCUT2D eigenvalue weighted by Crippen LogP contribution is -1.99. The fourth-order valence-corrected chi connectivity index (χ4v) is 4.49. The van der Waals surface area contributed by atoms with Gasteiger partial charge >= 0.3 is 0 Å². The average Bonchev–Trinajstić information content (AvgIpc) is 3.24. The zero-order valence-electron chi connectivity index (χ0n) is 12.5. The van der Waals surface area contributed by atoms with E-state index in [2.05, 4.69) is 19.5 Å². The van der Waals surface area contributed by atoms with Crippen molar-refractivity contribution in [2.75, 3.05) is 12.3 Å². The summed E-state index contributed by atoms with van der Waals surface area (Å²) < 4.78 is 3.13. The van der Waals surface area contributed by atoms with Crippen molar-refractivity contribution in [3.05, 3.63) is 22.8 Å². The minimum atomic E-state index is 0.152. The summed E-state index contributed by atoms with van der Waals surface area (Å²) in [6.07, 6.45) is 1.40. The fraction of sp³-hybridized carbons (Fsp3) is 0.267. The predicted octanol–water partition coefficient (Wildman–Crippen LogP) is 2.81. The molecular weight excluding hydrogens is 330 g/mol. The molecule has 0 unspecified atom stereocenters. The van der Waals surface area contributed by atoms with Gasteiger partial charge in [-0.15, -0.1) is 22.7 Å². The fourth-order valence-electron chi connectivity index (χ4n) is 2.72. The number of rotatable bonds is 4. The maximum absolute atomic E-state index is 9.05. The van der Waals surface area contributed by atoms with Crippen LogP contribution in [-0.4, -0.2) is 31.2 Å². The summed E-state index contributed by atoms with van der Waals surface area (Å²) in [6, 6.07) is 2.03. The number of hydrogen-bond acceptors (Lipinski definition) is 7. The molecule has 8 heteroatoms. The van der Waals surface area contributed by atoms with Crippen LogP contribution in [0.25, 0.3) is 31.8 Å². The first-order valence-corrected chi connectivity index (χ1v) is 8.98. The molecule has 0 saturated heterocycles. The molecule has 0 spiro atoms. The molecule has 4 aromatic heterocycles. The summed E-state index contributed by atoms with van der Waals surface area (Å²) in [5.74, 6) is 1.36. The van der Waals surface area contributed by atoms with Crippen LogP contribution >= 0.6 is 22.7 Å². The number of anilines is 1. The highest BCUT2D eigenvalue weighted by Crippen LogP contribution is 2.38. The van der Waals surface area contributed by atoms with Gasteiger partial charge in [0.1, 0.15) is 11.3 Å². The van der Waals surface area contributed by atoms with Crippen molar-refractivity contribution < 1.29 is 5.11 Å². The average molecular weight is 345 g/mol. The Hall–Kier alpha value is -2.03. The maximum atomic E-state index is 9.05. The van der Waals surface area contributed by atoms with Crippen molar-refractivity contribution in [3.8, 4) is 10.6 Å². The number of pyridine rings is 1. The molecule has 0 amide bonds. The summed E-state index contributed by atoms with van der Waals surface area (Å²) in [6.45, 7) is 0.152. The topological polar surface area (TPSA) is 89.8 Å². The number of aliphatic hydroxyl groups is 1. The third kappa shape index (κ3) is 2.30. The summed E-state index contributed by atoms with van der Waals surface area (Å²) in [5, 5.41) is 11.1. The van der Waals surface area contributed by atoms with Crippen LogP contribution in [0.3, 0.4) is 0 Å². The second-order valence-electron chi connectivity index (χ2n) is 5.31. The van der Waals surface area contributed by atoms with Crippen LogP contribution in [-0.2, 0) is 13.5 Å². The number of aliphatic hydroxyl groups excluding tert-OH is 1. The number of aryl methyl sites for hydroxylation is 2. The van der Waals surface area contributed by atoms with Crippen molar-refractivity contribution in [1.82, 2.24) is 19.5 Å². The highest BCUT2D eigenvalue weighted by atomic mass is 32.1. The first-order chi connectivity index (χ1) is 11.2. The number of nitrogen functional groups attached to an aromatic ring is 1. The van der Waals surface area contributed by atoms with Gasteiger partial charge in [0.15, 0.2) is 5.82 Å². The summed E-state index contributed by atoms with van der Waals surface area (Å²) in [7, 11) is 1.99. The Labute approximate surface area is 140 Å². The molecule has 4 heterocycles. The third-order valence-corrected chi connectivity index (χ3v) is 5.58. The van der Waals surface area contributed by atoms with Gasteiger partial charge in [0.05, 0.1) is 31.8 Å². The Kier molecular flexibility index (Phi) is 3.51. The highest BCUT2D eigenvalue weighted by Gasteiger charge is 2.18. The highest BCUT2D eigenvalue weighted by molar-refractivity contribution is 7.23. The van der Waals surface area contributed by atoms with Crippen LogP contribution in [0.5, 0.6) is 0 Å². The zero-order valence-corrected chi connectivity index (χ0v) is 14.1. The van der Waals surface area contributed by atoms with Crippen LogP contribution in [0.1, 0.15) is 12.2 Å². The zero-order chi connectivity index (χ0) is 16.0. The quantitative estimate of drug-likeness (QED) is 0.593. The van der Waals surface area contributed by atoms with Crippen LogP contribution in [0.2, 0.25) is 0 Å². The van der Waals surface area contributed by atoms with E-state index in [1.807, 2.05) is 24.0 Å². The van der Waals surface area contributed by atoms with Crippen LogP contribution in [0.15, 0.2) is 17.0 Å². The lowest BCUT2D eigenvalue weighted by molar-refractivity contribution is 0.287. The number of imidazole rings is 1. The molecule has 4 rings (SSSR count). The van der Waals surface area contributed by atoms with E-state index in [4.69, 9.17) is 10.8 Å². The molecule has 0 fully saturated rings. The van der Waals surface area contributed by atoms with Gasteiger partial charge in [-0.1, -0.05) is 0 Å². The number of hydrogen-bond donors (Lipinski definition) is 2. The smallest absolute Gasteiger partial charge is 0.152 e. The largest absolute Gasteiger partial charge is 0.396 e. The third-order valence-electron chi connectivity index (χ3n) is 3.84. The lowest BCUT2D eigenvalue weighted by Gasteiger charge is -2.01. The minimum absolute atomic E-state index is 0.152. The first kappa shape index (κ1) is 14.6. The van der Waals surface area contributed by atoms with E-state index >= 15 is 0 Å². The Morgan fingerprint density at radius 1 is 1.35 bits per heavy atom. The molecule has 6 nitrogen and oxygen atoms in total. The van der Waals surface area contributed by atoms with Gasteiger partial charge in [0.2, 0.25) is 0 Å². The van der Waals surface area contributed by atoms with Gasteiger partial charge in [0.25, 0.3) is 0 Å². The number of nitrogens with zero attached hydrogens (tertiary/aromatic N) is 4. The van der Waals surface area contributed by atoms with E-state index in [0.29, 0.717) is 18.7 Å². The van der Waals surface area contributed by atoms with Gasteiger partial charge in [-0.05, 0) is 12.5 Å². The van der Waals surface area contributed by atoms with E-state index in [9.17, 15) is 0 Å². The molecule has 3 N–H and O–H groups in total. The standard InChI is InChI=1S/C15H15N5OS2/c1-20-11(3-2-4-21)19-12-13(20)14-8(18-15(12)16)5-10(23-14)9-6-22-7-17-9/h5-7,21H,2-4H2,1H3,(H2,16,18). The molecule has 0 radical (unpaired) electrons. The first-order valence-electron chi connectivity index (χ1n) is 7.22. The molecule has 0 aliphatic heterocycles. The van der Waals surface area contributed by atoms with Crippen LogP contribution in [0, 0.1) is 0 Å². The normalized spacial score (nSPS) is 11.7. The second-order valence-corrected chi connectivity index (χ2v) is 7.08. The van der Waals surface area contributed by atoms with E-state index in [1.165, 1.54) is 0 Å². The van der Waals surface area contributed by atoms with Crippen molar-refractivity contribution in [3.63, 3.8) is 0 Å². The lowest BCUT2D eigenvalue weighted by atomic mass is 10.3. The van der Waals surface area contributed by atoms with Gasteiger partial charge in [-0.2, -0.15) is 0 Å². The maximum Gasteiger partial charge on any atom is 0.152 e. The molecule has 0 atom stereocenters. The minimum Gasteiger partial charge on any atom is -0.396 e. The van der Waals surface area contributed by atoms with Crippen LogP contribution in [0.4, 0.5) is 5.82 Å². The number of thiophene rings is 1. The van der Waals surface area contributed by atoms with E-state index in [1.54, 1.807) is 22.7 Å². The molecule has 0 aliphatic rings. The van der Waals surface area contributed by atoms with Gasteiger partial charge < -0.3 is 15.4 Å². The molecule has 0 bridgehead atoms. The molecule has 4 aromatic rings. The Morgan fingerprint density at radius 3 is 2.96 bits per heavy atom. The van der Waals surface area contributed by atoms with E-state index in [0.717, 1.165) is 37.6 Å². The second kappa shape index (κ2) is 5.55. The summed E-state index contributed by atoms with van der Waals surface area (Å²) in [5.41, 5.74) is 11.5. The Morgan fingerprint density at radius 2 is 2.22 bits per heavy atom. The monoisotopic (exact) mass is 345 g/mol. The number of aromatic nitrogens is 4. The van der Waals surface area contributed by atoms with Gasteiger partial charge in [-0.25, -0.2) is 15.0 Å². The summed E-state index contributed by atoms with van der Waals surface area (Å²) in [4.78, 5) is 14.6. The van der Waals surface area contributed by atoms with Crippen molar-refractivity contribution in [1.29, 1.82) is 0 Å². The van der Waals surface area contributed by atoms with E-state index in [-0.39, 0.29) is 6.61 Å². The molecule has 0 aromatic carbocycles. The van der Waals surface area contributed by atoms with Crippen molar-refractivity contribution in [2.45, 2.75) is 12.8 Å². The Balaban J connectivity index is 1.97. The van der Waals surface area contributed by atoms with Gasteiger partial charge in [-0.3, -0.25) is 0 Å². The molecule has 118 valence electrons. The molecule has 0 aliphatic carbocycles. The Bertz CT molecular complexity index is 987. The number of nitrogens with two attached hydrogens (primary N) is 1. The number of fused-ring (bicyclic) bond motifs is 3. The van der Waals surface area contributed by atoms with Crippen molar-refractivity contribution >= 4 is 49.7 Å².